The molecule has 0 spiro atoms. The third-order valence-electron chi connectivity index (χ3n) is 4.50. The third-order valence-corrected chi connectivity index (χ3v) is 6.60. The average Bonchev–Trinajstić information content (AvgIpc) is 3.09. The molecule has 2 N–H and O–H groups in total. The van der Waals surface area contributed by atoms with Gasteiger partial charge >= 0.3 is 0 Å². The van der Waals surface area contributed by atoms with Crippen LogP contribution in [0.25, 0.3) is 10.8 Å². The van der Waals surface area contributed by atoms with Gasteiger partial charge in [-0.25, -0.2) is 13.2 Å². The van der Waals surface area contributed by atoms with E-state index in [9.17, 15) is 18.0 Å². The molecule has 1 saturated heterocycles. The van der Waals surface area contributed by atoms with Gasteiger partial charge in [-0.2, -0.15) is 0 Å². The second-order valence-electron chi connectivity index (χ2n) is 6.37. The molecule has 0 radical (unpaired) electrons. The van der Waals surface area contributed by atoms with Gasteiger partial charge in [0.1, 0.15) is 5.82 Å². The average molecular weight is 411 g/mol. The minimum Gasteiger partial charge on any atom is -0.363 e. The maximum Gasteiger partial charge on any atom is 0.255 e. The summed E-state index contributed by atoms with van der Waals surface area (Å²) in [6.45, 7) is 0.653. The number of hydrogen-bond acceptors (Lipinski definition) is 5. The number of nitrogens with zero attached hydrogens (tertiary/aromatic N) is 1. The first kappa shape index (κ1) is 18.2. The van der Waals surface area contributed by atoms with E-state index in [0.29, 0.717) is 23.9 Å². The lowest BCUT2D eigenvalue weighted by Gasteiger charge is -2.32. The molecule has 0 aliphatic carbocycles. The van der Waals surface area contributed by atoms with Crippen molar-refractivity contribution in [2.24, 2.45) is 0 Å². The van der Waals surface area contributed by atoms with E-state index in [1.54, 1.807) is 6.07 Å². The normalized spacial score (nSPS) is 16.6. The number of hydrogen-bond donors (Lipinski definition) is 2. The topological polar surface area (TPSA) is 48.1 Å². The van der Waals surface area contributed by atoms with Crippen molar-refractivity contribution in [2.75, 3.05) is 22.7 Å². The molecular weight excluding hydrogens is 395 g/mol. The van der Waals surface area contributed by atoms with Crippen LogP contribution >= 0.6 is 23.3 Å². The number of thiophene rings is 1. The number of alkyl halides is 2. The minimum atomic E-state index is -2.57. The summed E-state index contributed by atoms with van der Waals surface area (Å²) in [6.07, 6.45) is 1.21. The van der Waals surface area contributed by atoms with Gasteiger partial charge < -0.3 is 14.6 Å². The maximum atomic E-state index is 14.3. The van der Waals surface area contributed by atoms with Crippen molar-refractivity contribution in [3.63, 3.8) is 0 Å². The highest BCUT2D eigenvalue weighted by Gasteiger charge is 2.34. The van der Waals surface area contributed by atoms with Gasteiger partial charge in [-0.15, -0.1) is 11.3 Å². The molecule has 3 aromatic rings. The molecule has 1 aliphatic rings. The summed E-state index contributed by atoms with van der Waals surface area (Å²) in [5.74, 6) is -3.02. The Labute approximate surface area is 161 Å². The fourth-order valence-corrected chi connectivity index (χ4v) is 4.82. The molecule has 1 aliphatic heterocycles. The van der Waals surface area contributed by atoms with E-state index in [2.05, 4.69) is 9.71 Å². The highest BCUT2D eigenvalue weighted by atomic mass is 32.2. The highest BCUT2D eigenvalue weighted by Crippen LogP contribution is 2.37. The molecule has 0 amide bonds. The maximum absolute atomic E-state index is 14.3. The van der Waals surface area contributed by atoms with Crippen molar-refractivity contribution >= 4 is 44.7 Å². The van der Waals surface area contributed by atoms with Crippen LogP contribution in [0.15, 0.2) is 45.5 Å². The number of pyridine rings is 1. The monoisotopic (exact) mass is 411 g/mol. The second kappa shape index (κ2) is 7.12. The Hall–Kier alpha value is -2.13. The molecule has 1 fully saturated rings. The van der Waals surface area contributed by atoms with E-state index in [-0.39, 0.29) is 24.1 Å². The summed E-state index contributed by atoms with van der Waals surface area (Å²) >= 11 is 2.69. The van der Waals surface area contributed by atoms with Crippen molar-refractivity contribution in [3.8, 4) is 0 Å². The summed E-state index contributed by atoms with van der Waals surface area (Å²) < 4.78 is 44.7. The lowest BCUT2D eigenvalue weighted by molar-refractivity contribution is -0.0219. The Bertz CT molecular complexity index is 1020. The first-order valence-corrected chi connectivity index (χ1v) is 10.0. The Balaban J connectivity index is 1.46. The third kappa shape index (κ3) is 3.93. The Morgan fingerprint density at radius 1 is 1.19 bits per heavy atom. The number of aromatic amines is 1. The number of aromatic nitrogens is 1. The minimum absolute atomic E-state index is 0.136. The number of halogens is 3. The number of benzene rings is 1. The zero-order chi connectivity index (χ0) is 19.0. The van der Waals surface area contributed by atoms with E-state index in [1.807, 2.05) is 17.0 Å². The van der Waals surface area contributed by atoms with Crippen molar-refractivity contribution in [3.05, 3.63) is 52.7 Å². The molecule has 2 aromatic heterocycles. The van der Waals surface area contributed by atoms with Crippen LogP contribution in [0.2, 0.25) is 0 Å². The van der Waals surface area contributed by atoms with Crippen molar-refractivity contribution < 1.29 is 13.2 Å². The molecule has 27 heavy (non-hydrogen) atoms. The molecule has 0 unspecified atom stereocenters. The summed E-state index contributed by atoms with van der Waals surface area (Å²) in [7, 11) is 0. The molecule has 0 saturated carbocycles. The predicted molar refractivity (Wildman–Crippen MR) is 105 cm³/mol. The Morgan fingerprint density at radius 2 is 1.96 bits per heavy atom. The van der Waals surface area contributed by atoms with Gasteiger partial charge in [0, 0.05) is 37.5 Å². The molecule has 0 atom stereocenters. The smallest absolute Gasteiger partial charge is 0.255 e. The van der Waals surface area contributed by atoms with Gasteiger partial charge in [-0.1, -0.05) is 0 Å². The van der Waals surface area contributed by atoms with Crippen LogP contribution < -0.4 is 15.2 Å². The first-order chi connectivity index (χ1) is 12.9. The number of piperidine rings is 1. The Kier molecular flexibility index (Phi) is 4.81. The highest BCUT2D eigenvalue weighted by molar-refractivity contribution is 8.02. The van der Waals surface area contributed by atoms with Gasteiger partial charge in [-0.3, -0.25) is 4.79 Å². The number of fused-ring (bicyclic) bond motifs is 1. The van der Waals surface area contributed by atoms with E-state index in [4.69, 9.17) is 0 Å². The predicted octanol–water partition coefficient (Wildman–Crippen LogP) is 5.08. The zero-order valence-electron chi connectivity index (χ0n) is 14.1. The molecule has 9 heteroatoms. The number of nitrogens with one attached hydrogen (secondary N) is 2. The van der Waals surface area contributed by atoms with Crippen LogP contribution in [-0.2, 0) is 0 Å². The van der Waals surface area contributed by atoms with Gasteiger partial charge in [0.05, 0.1) is 14.9 Å². The standard InChI is InChI=1S/C18H16F3N3OS2/c19-13-9-11-3-6-22-17(25)12(11)10-14(13)23-27-16-2-1-15(26-16)24-7-4-18(20,21)5-8-24/h1-3,6,9-10,23H,4-5,7-8H2,(H,22,25). The fourth-order valence-electron chi connectivity index (χ4n) is 2.98. The largest absolute Gasteiger partial charge is 0.363 e. The molecule has 142 valence electrons. The van der Waals surface area contributed by atoms with Crippen LogP contribution in [-0.4, -0.2) is 24.0 Å². The van der Waals surface area contributed by atoms with E-state index < -0.39 is 11.7 Å². The van der Waals surface area contributed by atoms with Crippen molar-refractivity contribution in [1.82, 2.24) is 4.98 Å². The summed E-state index contributed by atoms with van der Waals surface area (Å²) in [4.78, 5) is 16.4. The van der Waals surface area contributed by atoms with Crippen LogP contribution in [0, 0.1) is 5.82 Å². The molecule has 4 nitrogen and oxygen atoms in total. The van der Waals surface area contributed by atoms with Crippen LogP contribution in [0.5, 0.6) is 0 Å². The summed E-state index contributed by atoms with van der Waals surface area (Å²) in [5.41, 5.74) is -0.0578. The number of anilines is 2. The first-order valence-electron chi connectivity index (χ1n) is 8.38. The summed E-state index contributed by atoms with van der Waals surface area (Å²) in [6, 6.07) is 8.21. The van der Waals surface area contributed by atoms with Gasteiger partial charge in [0.2, 0.25) is 0 Å². The number of rotatable bonds is 4. The second-order valence-corrected chi connectivity index (χ2v) is 8.53. The molecular formula is C18H16F3N3OS2. The lowest BCUT2D eigenvalue weighted by Crippen LogP contribution is -2.38. The van der Waals surface area contributed by atoms with E-state index >= 15 is 0 Å². The molecule has 3 heterocycles. The van der Waals surface area contributed by atoms with Crippen LogP contribution in [0.3, 0.4) is 0 Å². The van der Waals surface area contributed by atoms with Crippen molar-refractivity contribution in [2.45, 2.75) is 23.0 Å². The van der Waals surface area contributed by atoms with Gasteiger partial charge in [-0.05, 0) is 47.7 Å². The van der Waals surface area contributed by atoms with Crippen molar-refractivity contribution in [1.29, 1.82) is 0 Å². The molecule has 0 bridgehead atoms. The molecule has 4 rings (SSSR count). The quantitative estimate of drug-likeness (QED) is 0.588. The van der Waals surface area contributed by atoms with E-state index in [0.717, 1.165) is 9.21 Å². The summed E-state index contributed by atoms with van der Waals surface area (Å²) in [5, 5.41) is 1.86. The van der Waals surface area contributed by atoms with E-state index in [1.165, 1.54) is 41.6 Å². The molecule has 1 aromatic carbocycles. The lowest BCUT2D eigenvalue weighted by atomic mass is 10.1. The number of H-pyrrole nitrogens is 1. The van der Waals surface area contributed by atoms with Crippen LogP contribution in [0.1, 0.15) is 12.8 Å². The zero-order valence-corrected chi connectivity index (χ0v) is 15.7. The Morgan fingerprint density at radius 3 is 2.74 bits per heavy atom. The fraction of sp³-hybridized carbons (Fsp3) is 0.278. The van der Waals surface area contributed by atoms with Crippen LogP contribution in [0.4, 0.5) is 23.9 Å². The van der Waals surface area contributed by atoms with Gasteiger partial charge in [0.15, 0.2) is 0 Å². The SMILES string of the molecule is O=c1[nH]ccc2cc(F)c(NSc3ccc(N4CCC(F)(F)CC4)s3)cc12. The van der Waals surface area contributed by atoms with Gasteiger partial charge in [0.25, 0.3) is 11.5 Å².